The molecule has 0 aromatic heterocycles. The number of nitrogens with two attached hydrogens (primary N) is 1. The van der Waals surface area contributed by atoms with E-state index in [0.29, 0.717) is 6.04 Å². The highest BCUT2D eigenvalue weighted by Gasteiger charge is 2.29. The van der Waals surface area contributed by atoms with E-state index in [1.54, 1.807) is 14.2 Å². The minimum atomic E-state index is 0.0423. The van der Waals surface area contributed by atoms with Crippen LogP contribution in [-0.4, -0.2) is 45.4 Å². The molecule has 0 heterocycles. The van der Waals surface area contributed by atoms with E-state index in [1.165, 1.54) is 11.1 Å². The molecule has 0 bridgehead atoms. The van der Waals surface area contributed by atoms with E-state index in [2.05, 4.69) is 24.1 Å². The lowest BCUT2D eigenvalue weighted by atomic mass is 9.83. The van der Waals surface area contributed by atoms with Gasteiger partial charge in [-0.15, -0.1) is 0 Å². The fraction of sp³-hybridized carbons (Fsp3) is 0.600. The molecule has 106 valence electrons. The van der Waals surface area contributed by atoms with E-state index in [0.717, 1.165) is 31.7 Å². The summed E-state index contributed by atoms with van der Waals surface area (Å²) < 4.78 is 10.4. The average molecular weight is 264 g/mol. The molecule has 0 saturated carbocycles. The Kier molecular flexibility index (Phi) is 4.80. The Hall–Kier alpha value is -1.10. The van der Waals surface area contributed by atoms with Crippen LogP contribution in [0.2, 0.25) is 0 Å². The number of benzene rings is 1. The summed E-state index contributed by atoms with van der Waals surface area (Å²) in [5, 5.41) is 0. The maximum atomic E-state index is 6.45. The van der Waals surface area contributed by atoms with Gasteiger partial charge in [0.1, 0.15) is 5.75 Å². The molecule has 2 rings (SSSR count). The Balaban J connectivity index is 2.15. The van der Waals surface area contributed by atoms with Gasteiger partial charge in [-0.3, -0.25) is 4.90 Å². The number of methoxy groups -OCH3 is 2. The SMILES string of the molecule is COCCN(C)C1CCc2ccc(OC)cc2C1N. The monoisotopic (exact) mass is 264 g/mol. The number of rotatable bonds is 5. The van der Waals surface area contributed by atoms with Crippen LogP contribution in [0.25, 0.3) is 0 Å². The number of fused-ring (bicyclic) bond motifs is 1. The second-order valence-corrected chi connectivity index (χ2v) is 5.17. The average Bonchev–Trinajstić information content (AvgIpc) is 2.45. The van der Waals surface area contributed by atoms with Gasteiger partial charge >= 0.3 is 0 Å². The number of hydrogen-bond donors (Lipinski definition) is 1. The third-order valence-corrected chi connectivity index (χ3v) is 4.05. The van der Waals surface area contributed by atoms with Crippen LogP contribution in [0.3, 0.4) is 0 Å². The fourth-order valence-electron chi connectivity index (χ4n) is 2.82. The van der Waals surface area contributed by atoms with E-state index in [1.807, 2.05) is 6.07 Å². The zero-order valence-corrected chi connectivity index (χ0v) is 12.1. The number of nitrogens with zero attached hydrogens (tertiary/aromatic N) is 1. The second kappa shape index (κ2) is 6.37. The quantitative estimate of drug-likeness (QED) is 0.877. The molecule has 0 spiro atoms. The van der Waals surface area contributed by atoms with Crippen molar-refractivity contribution in [3.8, 4) is 5.75 Å². The second-order valence-electron chi connectivity index (χ2n) is 5.17. The van der Waals surface area contributed by atoms with Crippen molar-refractivity contribution in [3.63, 3.8) is 0 Å². The highest BCUT2D eigenvalue weighted by Crippen LogP contribution is 2.33. The van der Waals surface area contributed by atoms with Gasteiger partial charge in [-0.25, -0.2) is 0 Å². The normalized spacial score (nSPS) is 22.4. The van der Waals surface area contributed by atoms with Crippen molar-refractivity contribution in [1.29, 1.82) is 0 Å². The summed E-state index contributed by atoms with van der Waals surface area (Å²) in [6.45, 7) is 1.65. The minimum absolute atomic E-state index is 0.0423. The van der Waals surface area contributed by atoms with Crippen molar-refractivity contribution >= 4 is 0 Å². The Labute approximate surface area is 115 Å². The van der Waals surface area contributed by atoms with Gasteiger partial charge in [-0.1, -0.05) is 6.07 Å². The lowest BCUT2D eigenvalue weighted by molar-refractivity contribution is 0.122. The minimum Gasteiger partial charge on any atom is -0.497 e. The van der Waals surface area contributed by atoms with E-state index >= 15 is 0 Å². The lowest BCUT2D eigenvalue weighted by Crippen LogP contribution is -2.44. The zero-order valence-electron chi connectivity index (χ0n) is 12.1. The molecule has 0 radical (unpaired) electrons. The van der Waals surface area contributed by atoms with Gasteiger partial charge in [0.15, 0.2) is 0 Å². The van der Waals surface area contributed by atoms with Gasteiger partial charge in [0.25, 0.3) is 0 Å². The standard InChI is InChI=1S/C15H24N2O2/c1-17(8-9-18-2)14-7-5-11-4-6-12(19-3)10-13(11)15(14)16/h4,6,10,14-15H,5,7-9,16H2,1-3H3. The molecular formula is C15H24N2O2. The first-order chi connectivity index (χ1) is 9.17. The highest BCUT2D eigenvalue weighted by molar-refractivity contribution is 5.40. The molecule has 2 unspecified atom stereocenters. The summed E-state index contributed by atoms with van der Waals surface area (Å²) in [6, 6.07) is 6.64. The molecule has 19 heavy (non-hydrogen) atoms. The van der Waals surface area contributed by atoms with Crippen molar-refractivity contribution in [2.75, 3.05) is 34.4 Å². The van der Waals surface area contributed by atoms with Gasteiger partial charge in [-0.2, -0.15) is 0 Å². The fourth-order valence-corrected chi connectivity index (χ4v) is 2.82. The summed E-state index contributed by atoms with van der Waals surface area (Å²) in [5.41, 5.74) is 9.02. The third-order valence-electron chi connectivity index (χ3n) is 4.05. The van der Waals surface area contributed by atoms with Crippen LogP contribution in [0.1, 0.15) is 23.6 Å². The van der Waals surface area contributed by atoms with Crippen molar-refractivity contribution < 1.29 is 9.47 Å². The first-order valence-corrected chi connectivity index (χ1v) is 6.79. The van der Waals surface area contributed by atoms with Gasteiger partial charge in [0.05, 0.1) is 13.7 Å². The van der Waals surface area contributed by atoms with E-state index in [4.69, 9.17) is 15.2 Å². The van der Waals surface area contributed by atoms with Crippen LogP contribution in [-0.2, 0) is 11.2 Å². The summed E-state index contributed by atoms with van der Waals surface area (Å²) in [4.78, 5) is 2.30. The van der Waals surface area contributed by atoms with Crippen molar-refractivity contribution in [2.24, 2.45) is 5.73 Å². The molecule has 0 fully saturated rings. The molecule has 2 N–H and O–H groups in total. The molecule has 0 amide bonds. The number of likely N-dealkylation sites (N-methyl/N-ethyl adjacent to an activating group) is 1. The van der Waals surface area contributed by atoms with E-state index in [-0.39, 0.29) is 6.04 Å². The van der Waals surface area contributed by atoms with Crippen LogP contribution < -0.4 is 10.5 Å². The molecular weight excluding hydrogens is 240 g/mol. The smallest absolute Gasteiger partial charge is 0.119 e. The summed E-state index contributed by atoms with van der Waals surface area (Å²) >= 11 is 0. The molecule has 1 aromatic rings. The number of aryl methyl sites for hydroxylation is 1. The van der Waals surface area contributed by atoms with Crippen LogP contribution >= 0.6 is 0 Å². The van der Waals surface area contributed by atoms with Gasteiger partial charge in [0.2, 0.25) is 0 Å². The van der Waals surface area contributed by atoms with Crippen LogP contribution in [0, 0.1) is 0 Å². The first kappa shape index (κ1) is 14.3. The zero-order chi connectivity index (χ0) is 13.8. The number of ether oxygens (including phenoxy) is 2. The third kappa shape index (κ3) is 3.08. The molecule has 0 saturated heterocycles. The largest absolute Gasteiger partial charge is 0.497 e. The van der Waals surface area contributed by atoms with Crippen molar-refractivity contribution in [1.82, 2.24) is 4.90 Å². The van der Waals surface area contributed by atoms with E-state index < -0.39 is 0 Å². The maximum absolute atomic E-state index is 6.45. The Morgan fingerprint density at radius 1 is 1.37 bits per heavy atom. The van der Waals surface area contributed by atoms with Crippen molar-refractivity contribution in [3.05, 3.63) is 29.3 Å². The predicted molar refractivity (Wildman–Crippen MR) is 76.5 cm³/mol. The Morgan fingerprint density at radius 3 is 2.84 bits per heavy atom. The molecule has 1 aliphatic rings. The van der Waals surface area contributed by atoms with Gasteiger partial charge < -0.3 is 15.2 Å². The lowest BCUT2D eigenvalue weighted by Gasteiger charge is -2.37. The van der Waals surface area contributed by atoms with Crippen LogP contribution in [0.4, 0.5) is 0 Å². The summed E-state index contributed by atoms with van der Waals surface area (Å²) in [7, 11) is 5.54. The molecule has 2 atom stereocenters. The summed E-state index contributed by atoms with van der Waals surface area (Å²) in [5.74, 6) is 0.884. The molecule has 4 nitrogen and oxygen atoms in total. The Bertz CT molecular complexity index is 423. The highest BCUT2D eigenvalue weighted by atomic mass is 16.5. The summed E-state index contributed by atoms with van der Waals surface area (Å²) in [6.07, 6.45) is 2.18. The maximum Gasteiger partial charge on any atom is 0.119 e. The molecule has 4 heteroatoms. The molecule has 1 aromatic carbocycles. The van der Waals surface area contributed by atoms with E-state index in [9.17, 15) is 0 Å². The van der Waals surface area contributed by atoms with Gasteiger partial charge in [-0.05, 0) is 43.1 Å². The Morgan fingerprint density at radius 2 is 2.16 bits per heavy atom. The first-order valence-electron chi connectivity index (χ1n) is 6.79. The predicted octanol–water partition coefficient (Wildman–Crippen LogP) is 1.59. The molecule has 1 aliphatic carbocycles. The van der Waals surface area contributed by atoms with Gasteiger partial charge in [0, 0.05) is 25.7 Å². The topological polar surface area (TPSA) is 47.7 Å². The van der Waals surface area contributed by atoms with Crippen LogP contribution in [0.5, 0.6) is 5.75 Å². The van der Waals surface area contributed by atoms with Crippen LogP contribution in [0.15, 0.2) is 18.2 Å². The molecule has 0 aliphatic heterocycles. The van der Waals surface area contributed by atoms with Crippen molar-refractivity contribution in [2.45, 2.75) is 24.9 Å². The number of hydrogen-bond acceptors (Lipinski definition) is 4.